The zero-order valence-corrected chi connectivity index (χ0v) is 16.6. The summed E-state index contributed by atoms with van der Waals surface area (Å²) in [7, 11) is 1.82. The van der Waals surface area contributed by atoms with Crippen LogP contribution in [-0.2, 0) is 11.8 Å². The number of likely N-dealkylation sites (tertiary alicyclic amines) is 1. The van der Waals surface area contributed by atoms with Crippen molar-refractivity contribution in [2.24, 2.45) is 7.05 Å². The SMILES string of the molecule is Cn1cnc2c(-c3ccc(OC(F)(F)F)cc3)nc(C3CN(C(=O)C4=CCC4)C3)nc21. The maximum absolute atomic E-state index is 12.4. The molecule has 0 saturated carbocycles. The van der Waals surface area contributed by atoms with Crippen LogP contribution < -0.4 is 4.74 Å². The molecule has 2 aromatic heterocycles. The van der Waals surface area contributed by atoms with E-state index in [0.717, 1.165) is 18.4 Å². The number of imidazole rings is 1. The average Bonchev–Trinajstić information content (AvgIpc) is 2.99. The third-order valence-corrected chi connectivity index (χ3v) is 5.55. The molecule has 7 nitrogen and oxygen atoms in total. The molecular weight excluding hydrogens is 411 g/mol. The van der Waals surface area contributed by atoms with Crippen LogP contribution in [0.5, 0.6) is 5.75 Å². The zero-order valence-electron chi connectivity index (χ0n) is 16.6. The molecule has 0 unspecified atom stereocenters. The predicted octanol–water partition coefficient (Wildman–Crippen LogP) is 3.57. The molecule has 1 amide bonds. The second-order valence-corrected chi connectivity index (χ2v) is 7.71. The van der Waals surface area contributed by atoms with Gasteiger partial charge in [-0.05, 0) is 37.1 Å². The van der Waals surface area contributed by atoms with Crippen molar-refractivity contribution in [2.45, 2.75) is 25.1 Å². The van der Waals surface area contributed by atoms with Crippen LogP contribution >= 0.6 is 0 Å². The summed E-state index contributed by atoms with van der Waals surface area (Å²) in [5, 5.41) is 0. The van der Waals surface area contributed by atoms with Crippen molar-refractivity contribution in [3.63, 3.8) is 0 Å². The molecular formula is C21H18F3N5O2. The van der Waals surface area contributed by atoms with Gasteiger partial charge in [0.2, 0.25) is 5.91 Å². The number of benzene rings is 1. The molecule has 5 rings (SSSR count). The van der Waals surface area contributed by atoms with Crippen LogP contribution in [-0.4, -0.2) is 49.8 Å². The predicted molar refractivity (Wildman–Crippen MR) is 105 cm³/mol. The van der Waals surface area contributed by atoms with Crippen molar-refractivity contribution in [2.75, 3.05) is 13.1 Å². The lowest BCUT2D eigenvalue weighted by Gasteiger charge is -2.39. The Bertz CT molecular complexity index is 1190. The van der Waals surface area contributed by atoms with E-state index in [-0.39, 0.29) is 17.6 Å². The van der Waals surface area contributed by atoms with E-state index in [1.54, 1.807) is 15.8 Å². The quantitative estimate of drug-likeness (QED) is 0.634. The summed E-state index contributed by atoms with van der Waals surface area (Å²) in [6.45, 7) is 1.08. The van der Waals surface area contributed by atoms with Crippen LogP contribution in [0, 0.1) is 0 Å². The molecule has 31 heavy (non-hydrogen) atoms. The molecule has 160 valence electrons. The Morgan fingerprint density at radius 3 is 2.48 bits per heavy atom. The van der Waals surface area contributed by atoms with Gasteiger partial charge in [-0.15, -0.1) is 13.2 Å². The highest BCUT2D eigenvalue weighted by molar-refractivity contribution is 5.95. The van der Waals surface area contributed by atoms with E-state index in [9.17, 15) is 18.0 Å². The molecule has 3 heterocycles. The molecule has 1 aromatic carbocycles. The van der Waals surface area contributed by atoms with E-state index in [1.807, 2.05) is 13.1 Å². The van der Waals surface area contributed by atoms with Gasteiger partial charge in [-0.1, -0.05) is 6.08 Å². The number of carbonyl (C=O) groups excluding carboxylic acids is 1. The Morgan fingerprint density at radius 1 is 1.16 bits per heavy atom. The molecule has 0 spiro atoms. The van der Waals surface area contributed by atoms with Crippen LogP contribution in [0.15, 0.2) is 42.2 Å². The summed E-state index contributed by atoms with van der Waals surface area (Å²) in [4.78, 5) is 27.8. The number of amides is 1. The number of ether oxygens (including phenoxy) is 1. The highest BCUT2D eigenvalue weighted by Gasteiger charge is 2.36. The number of alkyl halides is 3. The van der Waals surface area contributed by atoms with Crippen molar-refractivity contribution in [3.8, 4) is 17.0 Å². The van der Waals surface area contributed by atoms with Gasteiger partial charge in [0, 0.05) is 31.3 Å². The third-order valence-electron chi connectivity index (χ3n) is 5.55. The number of hydrogen-bond donors (Lipinski definition) is 0. The summed E-state index contributed by atoms with van der Waals surface area (Å²) in [5.74, 6) is 0.356. The van der Waals surface area contributed by atoms with E-state index >= 15 is 0 Å². The number of fused-ring (bicyclic) bond motifs is 1. The normalized spacial score (nSPS) is 16.6. The summed E-state index contributed by atoms with van der Waals surface area (Å²) in [5.41, 5.74) is 3.19. The lowest BCUT2D eigenvalue weighted by atomic mass is 9.93. The van der Waals surface area contributed by atoms with E-state index in [4.69, 9.17) is 0 Å². The summed E-state index contributed by atoms with van der Waals surface area (Å²) >= 11 is 0. The fourth-order valence-corrected chi connectivity index (χ4v) is 3.72. The second kappa shape index (κ2) is 7.07. The molecule has 0 bridgehead atoms. The highest BCUT2D eigenvalue weighted by atomic mass is 19.4. The van der Waals surface area contributed by atoms with Gasteiger partial charge in [0.05, 0.1) is 12.2 Å². The summed E-state index contributed by atoms with van der Waals surface area (Å²) in [6, 6.07) is 5.52. The molecule has 0 radical (unpaired) electrons. The average molecular weight is 429 g/mol. The highest BCUT2D eigenvalue weighted by Crippen LogP contribution is 2.33. The van der Waals surface area contributed by atoms with E-state index in [1.165, 1.54) is 24.3 Å². The Hall–Kier alpha value is -3.43. The maximum atomic E-state index is 12.4. The lowest BCUT2D eigenvalue weighted by molar-refractivity contribution is -0.274. The number of hydrogen-bond acceptors (Lipinski definition) is 5. The summed E-state index contributed by atoms with van der Waals surface area (Å²) in [6.07, 6.45) is 0.608. The molecule has 0 atom stereocenters. The topological polar surface area (TPSA) is 73.1 Å². The van der Waals surface area contributed by atoms with Crippen molar-refractivity contribution in [1.82, 2.24) is 24.4 Å². The molecule has 1 aliphatic carbocycles. The Kier molecular flexibility index (Phi) is 4.45. The van der Waals surface area contributed by atoms with Crippen LogP contribution in [0.2, 0.25) is 0 Å². The number of carbonyl (C=O) groups is 1. The van der Waals surface area contributed by atoms with Gasteiger partial charge in [-0.2, -0.15) is 0 Å². The number of allylic oxidation sites excluding steroid dienone is 1. The van der Waals surface area contributed by atoms with Gasteiger partial charge >= 0.3 is 6.36 Å². The minimum Gasteiger partial charge on any atom is -0.406 e. The number of aromatic nitrogens is 4. The van der Waals surface area contributed by atoms with E-state index in [0.29, 0.717) is 41.3 Å². The largest absolute Gasteiger partial charge is 0.573 e. The maximum Gasteiger partial charge on any atom is 0.573 e. The second-order valence-electron chi connectivity index (χ2n) is 7.71. The molecule has 0 N–H and O–H groups in total. The standard InChI is InChI=1S/C21H18F3N5O2/c1-28-11-25-17-16(12-5-7-15(8-6-12)31-21(22,23)24)26-18(27-19(17)28)14-9-29(10-14)20(30)13-3-2-4-13/h3,5-8,11,14H,2,4,9-10H2,1H3. The first-order chi connectivity index (χ1) is 14.8. The van der Waals surface area contributed by atoms with Gasteiger partial charge in [-0.25, -0.2) is 15.0 Å². The summed E-state index contributed by atoms with van der Waals surface area (Å²) < 4.78 is 43.0. The first-order valence-electron chi connectivity index (χ1n) is 9.82. The molecule has 1 saturated heterocycles. The fourth-order valence-electron chi connectivity index (χ4n) is 3.72. The lowest BCUT2D eigenvalue weighted by Crippen LogP contribution is -2.50. The Balaban J connectivity index is 1.44. The third kappa shape index (κ3) is 3.62. The molecule has 1 fully saturated rings. The van der Waals surface area contributed by atoms with Crippen LogP contribution in [0.4, 0.5) is 13.2 Å². The van der Waals surface area contributed by atoms with Gasteiger partial charge in [0.1, 0.15) is 22.8 Å². The van der Waals surface area contributed by atoms with Gasteiger partial charge < -0.3 is 14.2 Å². The minimum absolute atomic E-state index is 0.00416. The van der Waals surface area contributed by atoms with Crippen molar-refractivity contribution < 1.29 is 22.7 Å². The van der Waals surface area contributed by atoms with Crippen molar-refractivity contribution in [1.29, 1.82) is 0 Å². The Labute approximate surface area is 175 Å². The molecule has 3 aromatic rings. The fraction of sp³-hybridized carbons (Fsp3) is 0.333. The van der Waals surface area contributed by atoms with E-state index < -0.39 is 6.36 Å². The van der Waals surface area contributed by atoms with Crippen molar-refractivity contribution >= 4 is 17.1 Å². The van der Waals surface area contributed by atoms with Gasteiger partial charge in [0.15, 0.2) is 5.65 Å². The first kappa shape index (κ1) is 19.5. The molecule has 10 heteroatoms. The minimum atomic E-state index is -4.75. The Morgan fingerprint density at radius 2 is 1.87 bits per heavy atom. The molecule has 1 aliphatic heterocycles. The number of nitrogens with zero attached hydrogens (tertiary/aromatic N) is 5. The van der Waals surface area contributed by atoms with Crippen molar-refractivity contribution in [3.05, 3.63) is 48.1 Å². The number of halogens is 3. The molecule has 2 aliphatic rings. The van der Waals surface area contributed by atoms with E-state index in [2.05, 4.69) is 19.7 Å². The van der Waals surface area contributed by atoms with Gasteiger partial charge in [-0.3, -0.25) is 4.79 Å². The monoisotopic (exact) mass is 429 g/mol. The smallest absolute Gasteiger partial charge is 0.406 e. The van der Waals surface area contributed by atoms with Gasteiger partial charge in [0.25, 0.3) is 0 Å². The van der Waals surface area contributed by atoms with Crippen LogP contribution in [0.3, 0.4) is 0 Å². The number of rotatable bonds is 4. The first-order valence-corrected chi connectivity index (χ1v) is 9.82. The number of aryl methyl sites for hydroxylation is 1. The van der Waals surface area contributed by atoms with Crippen LogP contribution in [0.1, 0.15) is 24.6 Å². The zero-order chi connectivity index (χ0) is 21.8. The van der Waals surface area contributed by atoms with Crippen LogP contribution in [0.25, 0.3) is 22.4 Å².